The molecule has 94 valence electrons. The third kappa shape index (κ3) is 1.95. The number of hydrogen-bond acceptors (Lipinski definition) is 4. The number of aliphatic hydroxyl groups is 1. The summed E-state index contributed by atoms with van der Waals surface area (Å²) in [5.74, 6) is 0. The number of halogens is 1. The standard InChI is InChI=1S/C12H17BrN2O2/c1-7(6-14)9(16)8-10(13)12(4,5)15(17)11(8,2)3/h9,16-17H,1H2,2-5H3. The Morgan fingerprint density at radius 3 is 2.18 bits per heavy atom. The van der Waals surface area contributed by atoms with Gasteiger partial charge >= 0.3 is 0 Å². The minimum absolute atomic E-state index is 0.0659. The van der Waals surface area contributed by atoms with E-state index in [4.69, 9.17) is 5.26 Å². The first-order valence-corrected chi connectivity index (χ1v) is 6.04. The van der Waals surface area contributed by atoms with Gasteiger partial charge in [0.2, 0.25) is 0 Å². The van der Waals surface area contributed by atoms with Crippen LogP contribution in [0.2, 0.25) is 0 Å². The zero-order valence-electron chi connectivity index (χ0n) is 10.5. The molecule has 0 spiro atoms. The summed E-state index contributed by atoms with van der Waals surface area (Å²) in [6.07, 6.45) is -1.08. The van der Waals surface area contributed by atoms with Crippen LogP contribution in [-0.4, -0.2) is 32.6 Å². The van der Waals surface area contributed by atoms with E-state index in [0.29, 0.717) is 10.1 Å². The molecule has 1 rings (SSSR count). The molecule has 1 atom stereocenters. The number of nitriles is 1. The highest BCUT2D eigenvalue weighted by Gasteiger charge is 2.52. The number of nitrogens with zero attached hydrogens (tertiary/aromatic N) is 2. The van der Waals surface area contributed by atoms with E-state index in [0.717, 1.165) is 0 Å². The third-order valence-corrected chi connectivity index (χ3v) is 4.64. The number of hydroxylamine groups is 2. The van der Waals surface area contributed by atoms with Crippen LogP contribution in [0.1, 0.15) is 27.7 Å². The van der Waals surface area contributed by atoms with E-state index in [2.05, 4.69) is 22.5 Å². The molecule has 0 amide bonds. The van der Waals surface area contributed by atoms with E-state index in [-0.39, 0.29) is 5.57 Å². The summed E-state index contributed by atoms with van der Waals surface area (Å²) in [4.78, 5) is 0. The van der Waals surface area contributed by atoms with Crippen molar-refractivity contribution in [2.45, 2.75) is 44.9 Å². The highest BCUT2D eigenvalue weighted by atomic mass is 79.9. The summed E-state index contributed by atoms with van der Waals surface area (Å²) in [7, 11) is 0. The molecular formula is C12H17BrN2O2. The lowest BCUT2D eigenvalue weighted by molar-refractivity contribution is -0.187. The molecular weight excluding hydrogens is 284 g/mol. The van der Waals surface area contributed by atoms with Crippen molar-refractivity contribution in [2.24, 2.45) is 0 Å². The first-order chi connectivity index (χ1) is 7.58. The van der Waals surface area contributed by atoms with Crippen molar-refractivity contribution in [2.75, 3.05) is 0 Å². The molecule has 2 N–H and O–H groups in total. The first-order valence-electron chi connectivity index (χ1n) is 5.25. The second-order valence-corrected chi connectivity index (χ2v) is 5.99. The van der Waals surface area contributed by atoms with Crippen molar-refractivity contribution < 1.29 is 10.3 Å². The second-order valence-electron chi connectivity index (χ2n) is 5.20. The molecule has 0 aliphatic carbocycles. The van der Waals surface area contributed by atoms with E-state index in [1.165, 1.54) is 5.06 Å². The van der Waals surface area contributed by atoms with Crippen LogP contribution in [0.5, 0.6) is 0 Å². The Morgan fingerprint density at radius 2 is 1.88 bits per heavy atom. The summed E-state index contributed by atoms with van der Waals surface area (Å²) in [6, 6.07) is 1.84. The van der Waals surface area contributed by atoms with Crippen LogP contribution in [0.15, 0.2) is 22.2 Å². The molecule has 0 radical (unpaired) electrons. The van der Waals surface area contributed by atoms with Crippen molar-refractivity contribution in [3.8, 4) is 6.07 Å². The van der Waals surface area contributed by atoms with Crippen LogP contribution >= 0.6 is 15.9 Å². The summed E-state index contributed by atoms with van der Waals surface area (Å²) < 4.78 is 0.682. The van der Waals surface area contributed by atoms with E-state index in [1.54, 1.807) is 13.8 Å². The molecule has 0 bridgehead atoms. The van der Waals surface area contributed by atoms with Crippen LogP contribution < -0.4 is 0 Å². The van der Waals surface area contributed by atoms with Crippen LogP contribution in [0, 0.1) is 11.3 Å². The molecule has 0 saturated heterocycles. The van der Waals surface area contributed by atoms with Gasteiger partial charge in [-0.3, -0.25) is 0 Å². The lowest BCUT2D eigenvalue weighted by atomic mass is 9.89. The van der Waals surface area contributed by atoms with Gasteiger partial charge in [0.1, 0.15) is 6.10 Å². The molecule has 1 heterocycles. The van der Waals surface area contributed by atoms with Gasteiger partial charge in [-0.05, 0) is 33.3 Å². The molecule has 0 aromatic heterocycles. The van der Waals surface area contributed by atoms with Crippen molar-refractivity contribution in [3.63, 3.8) is 0 Å². The van der Waals surface area contributed by atoms with E-state index < -0.39 is 17.2 Å². The molecule has 4 nitrogen and oxygen atoms in total. The number of rotatable bonds is 2. The Kier molecular flexibility index (Phi) is 3.57. The zero-order valence-corrected chi connectivity index (χ0v) is 12.0. The largest absolute Gasteiger partial charge is 0.383 e. The molecule has 1 unspecified atom stereocenters. The summed E-state index contributed by atoms with van der Waals surface area (Å²) in [5, 5.41) is 30.3. The van der Waals surface area contributed by atoms with E-state index >= 15 is 0 Å². The number of hydrogen-bond donors (Lipinski definition) is 2. The minimum Gasteiger partial charge on any atom is -0.383 e. The molecule has 1 aliphatic rings. The molecule has 0 aromatic carbocycles. The van der Waals surface area contributed by atoms with Gasteiger partial charge in [0, 0.05) is 4.48 Å². The van der Waals surface area contributed by atoms with Gasteiger partial charge in [0.15, 0.2) is 0 Å². The topological polar surface area (TPSA) is 67.5 Å². The Labute approximate surface area is 110 Å². The lowest BCUT2D eigenvalue weighted by Crippen LogP contribution is -2.49. The Balaban J connectivity index is 3.36. The molecule has 17 heavy (non-hydrogen) atoms. The van der Waals surface area contributed by atoms with Crippen molar-refractivity contribution in [1.29, 1.82) is 5.26 Å². The predicted molar refractivity (Wildman–Crippen MR) is 68.5 cm³/mol. The maximum Gasteiger partial charge on any atom is 0.112 e. The summed E-state index contributed by atoms with van der Waals surface area (Å²) in [6.45, 7) is 10.7. The fourth-order valence-electron chi connectivity index (χ4n) is 2.19. The fourth-order valence-corrected chi connectivity index (χ4v) is 3.06. The Morgan fingerprint density at radius 1 is 1.41 bits per heavy atom. The van der Waals surface area contributed by atoms with Gasteiger partial charge in [0.05, 0.1) is 22.7 Å². The SMILES string of the molecule is C=C(C#N)C(O)C1=C(Br)C(C)(C)N(O)C1(C)C. The molecule has 1 aliphatic heterocycles. The second kappa shape index (κ2) is 4.21. The fraction of sp³-hybridized carbons (Fsp3) is 0.583. The van der Waals surface area contributed by atoms with Crippen LogP contribution in [0.3, 0.4) is 0 Å². The highest BCUT2D eigenvalue weighted by Crippen LogP contribution is 2.48. The van der Waals surface area contributed by atoms with Crippen LogP contribution in [0.4, 0.5) is 0 Å². The molecule has 0 aromatic rings. The Bertz CT molecular complexity index is 432. The van der Waals surface area contributed by atoms with Crippen molar-refractivity contribution >= 4 is 15.9 Å². The average Bonchev–Trinajstić information content (AvgIpc) is 2.36. The lowest BCUT2D eigenvalue weighted by Gasteiger charge is -2.37. The normalized spacial score (nSPS) is 24.6. The van der Waals surface area contributed by atoms with Gasteiger partial charge in [0.25, 0.3) is 0 Å². The van der Waals surface area contributed by atoms with Crippen LogP contribution in [0.25, 0.3) is 0 Å². The highest BCUT2D eigenvalue weighted by molar-refractivity contribution is 9.11. The maximum atomic E-state index is 10.2. The Hall–Kier alpha value is -0.670. The van der Waals surface area contributed by atoms with Gasteiger partial charge in [-0.25, -0.2) is 0 Å². The summed E-state index contributed by atoms with van der Waals surface area (Å²) in [5.41, 5.74) is -0.774. The monoisotopic (exact) mass is 300 g/mol. The predicted octanol–water partition coefficient (Wildman–Crippen LogP) is 2.34. The van der Waals surface area contributed by atoms with Gasteiger partial charge < -0.3 is 10.3 Å². The third-order valence-electron chi connectivity index (χ3n) is 3.24. The van der Waals surface area contributed by atoms with Gasteiger partial charge in [-0.1, -0.05) is 22.5 Å². The van der Waals surface area contributed by atoms with Gasteiger partial charge in [-0.15, -0.1) is 0 Å². The smallest absolute Gasteiger partial charge is 0.112 e. The van der Waals surface area contributed by atoms with E-state index in [9.17, 15) is 10.3 Å². The molecule has 0 fully saturated rings. The first kappa shape index (κ1) is 14.4. The van der Waals surface area contributed by atoms with E-state index in [1.807, 2.05) is 19.9 Å². The van der Waals surface area contributed by atoms with Crippen molar-refractivity contribution in [1.82, 2.24) is 5.06 Å². The van der Waals surface area contributed by atoms with Gasteiger partial charge in [-0.2, -0.15) is 10.3 Å². The number of aliphatic hydroxyl groups excluding tert-OH is 1. The zero-order chi connectivity index (χ0) is 13.6. The summed E-state index contributed by atoms with van der Waals surface area (Å²) >= 11 is 3.41. The van der Waals surface area contributed by atoms with Crippen LogP contribution in [-0.2, 0) is 0 Å². The average molecular weight is 301 g/mol. The molecule has 0 saturated carbocycles. The van der Waals surface area contributed by atoms with Crippen molar-refractivity contribution in [3.05, 3.63) is 22.2 Å². The molecule has 5 heteroatoms. The maximum absolute atomic E-state index is 10.2. The minimum atomic E-state index is -1.08. The quantitative estimate of drug-likeness (QED) is 0.768.